The molecule has 21 heavy (non-hydrogen) atoms. The summed E-state index contributed by atoms with van der Waals surface area (Å²) in [7, 11) is 2.04. The summed E-state index contributed by atoms with van der Waals surface area (Å²) in [6, 6.07) is 5.84. The first kappa shape index (κ1) is 14.1. The average molecular weight is 287 g/mol. The lowest BCUT2D eigenvalue weighted by molar-refractivity contribution is -0.129. The number of hydrogen-bond donors (Lipinski definition) is 1. The largest absolute Gasteiger partial charge is 0.439 e. The van der Waals surface area contributed by atoms with Gasteiger partial charge >= 0.3 is 0 Å². The maximum absolute atomic E-state index is 12.4. The number of aryl methyl sites for hydroxylation is 1. The van der Waals surface area contributed by atoms with Gasteiger partial charge in [-0.25, -0.2) is 4.98 Å². The highest BCUT2D eigenvalue weighted by atomic mass is 16.3. The monoisotopic (exact) mass is 287 g/mol. The molecule has 1 fully saturated rings. The Morgan fingerprint density at radius 2 is 2.33 bits per heavy atom. The van der Waals surface area contributed by atoms with E-state index in [1.54, 1.807) is 0 Å². The van der Waals surface area contributed by atoms with E-state index < -0.39 is 0 Å². The number of para-hydroxylation sites is 1. The average Bonchev–Trinajstić information content (AvgIpc) is 3.01. The molecule has 1 aromatic heterocycles. The molecule has 1 aromatic carbocycles. The summed E-state index contributed by atoms with van der Waals surface area (Å²) in [5.41, 5.74) is 2.41. The van der Waals surface area contributed by atoms with Crippen molar-refractivity contribution in [3.8, 4) is 0 Å². The molecule has 0 saturated carbocycles. The molecule has 1 amide bonds. The Hall–Kier alpha value is -1.88. The van der Waals surface area contributed by atoms with Crippen LogP contribution in [-0.4, -0.2) is 35.9 Å². The molecule has 5 heteroatoms. The van der Waals surface area contributed by atoms with Crippen LogP contribution in [0, 0.1) is 12.3 Å². The van der Waals surface area contributed by atoms with Crippen LogP contribution in [0.15, 0.2) is 22.6 Å². The lowest BCUT2D eigenvalue weighted by Gasteiger charge is -2.22. The molecule has 1 saturated heterocycles. The highest BCUT2D eigenvalue weighted by molar-refractivity contribution is 5.83. The Kier molecular flexibility index (Phi) is 3.45. The Labute approximate surface area is 124 Å². The van der Waals surface area contributed by atoms with Gasteiger partial charge in [0.05, 0.1) is 12.0 Å². The normalized spacial score (nSPS) is 22.8. The summed E-state index contributed by atoms with van der Waals surface area (Å²) in [5.74, 6) is 0.633. The molecular weight excluding hydrogens is 266 g/mol. The fourth-order valence-electron chi connectivity index (χ4n) is 2.95. The van der Waals surface area contributed by atoms with E-state index in [9.17, 15) is 4.79 Å². The third kappa shape index (κ3) is 2.65. The van der Waals surface area contributed by atoms with Gasteiger partial charge < -0.3 is 14.6 Å². The molecule has 0 radical (unpaired) electrons. The summed E-state index contributed by atoms with van der Waals surface area (Å²) >= 11 is 0. The van der Waals surface area contributed by atoms with Crippen molar-refractivity contribution in [2.24, 2.45) is 5.41 Å². The summed E-state index contributed by atoms with van der Waals surface area (Å²) in [6.07, 6.45) is 0.891. The van der Waals surface area contributed by atoms with Gasteiger partial charge in [0.1, 0.15) is 5.52 Å². The Morgan fingerprint density at radius 1 is 1.52 bits per heavy atom. The zero-order chi connectivity index (χ0) is 15.0. The van der Waals surface area contributed by atoms with Crippen molar-refractivity contribution in [2.75, 3.05) is 20.1 Å². The number of aromatic nitrogens is 1. The van der Waals surface area contributed by atoms with Crippen LogP contribution in [0.5, 0.6) is 0 Å². The highest BCUT2D eigenvalue weighted by Crippen LogP contribution is 2.29. The van der Waals surface area contributed by atoms with Crippen molar-refractivity contribution >= 4 is 17.0 Å². The fraction of sp³-hybridized carbons (Fsp3) is 0.500. The fourth-order valence-corrected chi connectivity index (χ4v) is 2.95. The van der Waals surface area contributed by atoms with Gasteiger partial charge in [-0.05, 0) is 45.5 Å². The second-order valence-corrected chi connectivity index (χ2v) is 6.26. The van der Waals surface area contributed by atoms with E-state index in [0.717, 1.165) is 36.2 Å². The second kappa shape index (κ2) is 5.15. The number of nitrogens with one attached hydrogen (secondary N) is 1. The maximum atomic E-state index is 12.4. The molecule has 112 valence electrons. The number of fused-ring (bicyclic) bond motifs is 1. The molecular formula is C16H21N3O2. The van der Waals surface area contributed by atoms with Crippen molar-refractivity contribution < 1.29 is 9.21 Å². The van der Waals surface area contributed by atoms with Gasteiger partial charge in [0, 0.05) is 6.54 Å². The van der Waals surface area contributed by atoms with Gasteiger partial charge in [-0.1, -0.05) is 12.1 Å². The zero-order valence-corrected chi connectivity index (χ0v) is 12.8. The number of benzene rings is 1. The van der Waals surface area contributed by atoms with Crippen LogP contribution in [0.3, 0.4) is 0 Å². The molecule has 0 aliphatic carbocycles. The van der Waals surface area contributed by atoms with Crippen LogP contribution in [0.25, 0.3) is 11.1 Å². The molecule has 0 unspecified atom stereocenters. The summed E-state index contributed by atoms with van der Waals surface area (Å²) in [6.45, 7) is 6.12. The van der Waals surface area contributed by atoms with Crippen molar-refractivity contribution in [1.82, 2.24) is 15.2 Å². The number of carbonyl (C=O) groups excluding carboxylic acids is 1. The molecule has 1 aliphatic heterocycles. The first-order valence-corrected chi connectivity index (χ1v) is 7.30. The van der Waals surface area contributed by atoms with Crippen molar-refractivity contribution in [2.45, 2.75) is 26.8 Å². The number of amides is 1. The van der Waals surface area contributed by atoms with Gasteiger partial charge in [-0.15, -0.1) is 0 Å². The quantitative estimate of drug-likeness (QED) is 0.939. The molecule has 5 nitrogen and oxygen atoms in total. The molecule has 3 rings (SSSR count). The Balaban J connectivity index is 1.69. The van der Waals surface area contributed by atoms with Crippen molar-refractivity contribution in [3.63, 3.8) is 0 Å². The third-order valence-electron chi connectivity index (χ3n) is 4.28. The van der Waals surface area contributed by atoms with Crippen LogP contribution >= 0.6 is 0 Å². The van der Waals surface area contributed by atoms with E-state index in [2.05, 4.69) is 15.2 Å². The van der Waals surface area contributed by atoms with Crippen LogP contribution in [-0.2, 0) is 11.3 Å². The third-order valence-corrected chi connectivity index (χ3v) is 4.28. The number of nitrogens with zero attached hydrogens (tertiary/aromatic N) is 2. The van der Waals surface area contributed by atoms with E-state index in [0.29, 0.717) is 12.4 Å². The predicted octanol–water partition coefficient (Wildman–Crippen LogP) is 2.09. The SMILES string of the molecule is Cc1cccc2oc(CNC(=O)[C@@]3(C)CCN(C)C3)nc12. The van der Waals surface area contributed by atoms with E-state index >= 15 is 0 Å². The van der Waals surface area contributed by atoms with E-state index in [4.69, 9.17) is 4.42 Å². The minimum Gasteiger partial charge on any atom is -0.439 e. The number of likely N-dealkylation sites (tertiary alicyclic amines) is 1. The first-order valence-electron chi connectivity index (χ1n) is 7.30. The van der Waals surface area contributed by atoms with Crippen molar-refractivity contribution in [1.29, 1.82) is 0 Å². The number of rotatable bonds is 3. The summed E-state index contributed by atoms with van der Waals surface area (Å²) in [5, 5.41) is 2.96. The molecule has 2 aromatic rings. The van der Waals surface area contributed by atoms with E-state index in [1.165, 1.54) is 0 Å². The molecule has 2 heterocycles. The topological polar surface area (TPSA) is 58.4 Å². The van der Waals surface area contributed by atoms with E-state index in [1.807, 2.05) is 39.1 Å². The van der Waals surface area contributed by atoms with Gasteiger partial charge in [-0.2, -0.15) is 0 Å². The van der Waals surface area contributed by atoms with Gasteiger partial charge in [0.2, 0.25) is 11.8 Å². The minimum atomic E-state index is -0.309. The highest BCUT2D eigenvalue weighted by Gasteiger charge is 2.38. The molecule has 1 atom stereocenters. The first-order chi connectivity index (χ1) is 9.98. The number of oxazole rings is 1. The van der Waals surface area contributed by atoms with E-state index in [-0.39, 0.29) is 11.3 Å². The Morgan fingerprint density at radius 3 is 3.00 bits per heavy atom. The zero-order valence-electron chi connectivity index (χ0n) is 12.8. The lowest BCUT2D eigenvalue weighted by Crippen LogP contribution is -2.40. The van der Waals surface area contributed by atoms with Gasteiger partial charge in [-0.3, -0.25) is 4.79 Å². The van der Waals surface area contributed by atoms with Crippen LogP contribution in [0.2, 0.25) is 0 Å². The summed E-state index contributed by atoms with van der Waals surface area (Å²) in [4.78, 5) is 19.0. The predicted molar refractivity (Wildman–Crippen MR) is 80.8 cm³/mol. The lowest BCUT2D eigenvalue weighted by atomic mass is 9.89. The number of hydrogen-bond acceptors (Lipinski definition) is 4. The standard InChI is InChI=1S/C16H21N3O2/c1-11-5-4-6-12-14(11)18-13(21-12)9-17-15(20)16(2)7-8-19(3)10-16/h4-6H,7-10H2,1-3H3,(H,17,20)/t16-/m0/s1. The molecule has 0 spiro atoms. The minimum absolute atomic E-state index is 0.0748. The summed E-state index contributed by atoms with van der Waals surface area (Å²) < 4.78 is 5.68. The molecule has 0 bridgehead atoms. The number of carbonyl (C=O) groups is 1. The van der Waals surface area contributed by atoms with Gasteiger partial charge in [0.25, 0.3) is 0 Å². The maximum Gasteiger partial charge on any atom is 0.227 e. The van der Waals surface area contributed by atoms with Crippen LogP contribution < -0.4 is 5.32 Å². The van der Waals surface area contributed by atoms with Crippen LogP contribution in [0.4, 0.5) is 0 Å². The molecule has 1 N–H and O–H groups in total. The van der Waals surface area contributed by atoms with Crippen molar-refractivity contribution in [3.05, 3.63) is 29.7 Å². The molecule has 1 aliphatic rings. The van der Waals surface area contributed by atoms with Gasteiger partial charge in [0.15, 0.2) is 5.58 Å². The van der Waals surface area contributed by atoms with Crippen LogP contribution in [0.1, 0.15) is 24.8 Å². The second-order valence-electron chi connectivity index (χ2n) is 6.26. The Bertz CT molecular complexity index is 679. The smallest absolute Gasteiger partial charge is 0.227 e.